The maximum absolute atomic E-state index is 9.48. The zero-order valence-corrected chi connectivity index (χ0v) is 9.51. The molecule has 0 radical (unpaired) electrons. The van der Waals surface area contributed by atoms with Crippen LogP contribution >= 0.6 is 0 Å². The summed E-state index contributed by atoms with van der Waals surface area (Å²) in [5, 5.41) is 19.0. The van der Waals surface area contributed by atoms with Crippen molar-refractivity contribution < 1.29 is 10.2 Å². The predicted molar refractivity (Wildman–Crippen MR) is 60.1 cm³/mol. The first-order valence-corrected chi connectivity index (χ1v) is 5.18. The summed E-state index contributed by atoms with van der Waals surface area (Å²) in [6, 6.07) is 8.05. The van der Waals surface area contributed by atoms with Crippen LogP contribution in [0.4, 0.5) is 0 Å². The molecule has 15 heavy (non-hydrogen) atoms. The summed E-state index contributed by atoms with van der Waals surface area (Å²) in [5.41, 5.74) is 2.28. The Kier molecular flexibility index (Phi) is 4.27. The molecule has 3 heteroatoms. The van der Waals surface area contributed by atoms with E-state index in [4.69, 9.17) is 0 Å². The van der Waals surface area contributed by atoms with Gasteiger partial charge in [-0.1, -0.05) is 29.8 Å². The van der Waals surface area contributed by atoms with Crippen molar-refractivity contribution in [3.05, 3.63) is 35.4 Å². The van der Waals surface area contributed by atoms with Crippen LogP contribution in [0.5, 0.6) is 0 Å². The molecule has 0 aliphatic heterocycles. The van der Waals surface area contributed by atoms with Crippen molar-refractivity contribution in [1.29, 1.82) is 0 Å². The largest absolute Gasteiger partial charge is 0.379 e. The molecule has 84 valence electrons. The minimum absolute atomic E-state index is 0.553. The summed E-state index contributed by atoms with van der Waals surface area (Å²) in [4.78, 5) is 1.62. The summed E-state index contributed by atoms with van der Waals surface area (Å²) in [5.74, 6) is 0. The van der Waals surface area contributed by atoms with Crippen LogP contribution < -0.4 is 0 Å². The van der Waals surface area contributed by atoms with E-state index in [0.29, 0.717) is 6.54 Å². The quantitative estimate of drug-likeness (QED) is 0.738. The highest BCUT2D eigenvalue weighted by Crippen LogP contribution is 2.11. The van der Waals surface area contributed by atoms with Gasteiger partial charge in [0.25, 0.3) is 0 Å². The third-order valence-electron chi connectivity index (χ3n) is 2.41. The number of aliphatic hydroxyl groups is 2. The Morgan fingerprint density at radius 3 is 2.27 bits per heavy atom. The van der Waals surface area contributed by atoms with E-state index >= 15 is 0 Å². The SMILES string of the molecule is Cc1cccc(CN(C(C)O)C(C)O)c1. The van der Waals surface area contributed by atoms with Crippen molar-refractivity contribution in [2.45, 2.75) is 39.8 Å². The molecule has 1 aromatic carbocycles. The second-order valence-electron chi connectivity index (χ2n) is 3.93. The van der Waals surface area contributed by atoms with Gasteiger partial charge in [-0.05, 0) is 26.3 Å². The fourth-order valence-electron chi connectivity index (χ4n) is 1.60. The van der Waals surface area contributed by atoms with Crippen LogP contribution in [-0.2, 0) is 6.54 Å². The third kappa shape index (κ3) is 3.63. The van der Waals surface area contributed by atoms with Gasteiger partial charge < -0.3 is 10.2 Å². The first-order chi connectivity index (χ1) is 7.00. The summed E-state index contributed by atoms with van der Waals surface area (Å²) >= 11 is 0. The Morgan fingerprint density at radius 1 is 1.20 bits per heavy atom. The van der Waals surface area contributed by atoms with Crippen LogP contribution in [0.15, 0.2) is 24.3 Å². The normalized spacial score (nSPS) is 15.3. The molecule has 2 unspecified atom stereocenters. The molecule has 0 aliphatic carbocycles. The Hall–Kier alpha value is -0.900. The molecule has 1 rings (SSSR count). The second-order valence-corrected chi connectivity index (χ2v) is 3.93. The first kappa shape index (κ1) is 12.2. The number of rotatable bonds is 4. The zero-order valence-electron chi connectivity index (χ0n) is 9.51. The van der Waals surface area contributed by atoms with Crippen LogP contribution in [0.3, 0.4) is 0 Å². The van der Waals surface area contributed by atoms with E-state index in [9.17, 15) is 10.2 Å². The second kappa shape index (κ2) is 5.26. The van der Waals surface area contributed by atoms with Crippen molar-refractivity contribution in [3.63, 3.8) is 0 Å². The molecule has 0 heterocycles. The first-order valence-electron chi connectivity index (χ1n) is 5.18. The predicted octanol–water partition coefficient (Wildman–Crippen LogP) is 1.47. The van der Waals surface area contributed by atoms with Crippen LogP contribution in [0.25, 0.3) is 0 Å². The van der Waals surface area contributed by atoms with Gasteiger partial charge in [0.05, 0.1) is 0 Å². The van der Waals surface area contributed by atoms with E-state index < -0.39 is 12.5 Å². The van der Waals surface area contributed by atoms with Gasteiger partial charge in [-0.15, -0.1) is 0 Å². The van der Waals surface area contributed by atoms with Gasteiger partial charge in [0.15, 0.2) is 0 Å². The van der Waals surface area contributed by atoms with E-state index in [1.807, 2.05) is 25.1 Å². The van der Waals surface area contributed by atoms with Crippen molar-refractivity contribution >= 4 is 0 Å². The Morgan fingerprint density at radius 2 is 1.80 bits per heavy atom. The molecule has 2 N–H and O–H groups in total. The highest BCUT2D eigenvalue weighted by molar-refractivity contribution is 5.22. The minimum Gasteiger partial charge on any atom is -0.379 e. The number of nitrogens with zero attached hydrogens (tertiary/aromatic N) is 1. The van der Waals surface area contributed by atoms with Crippen LogP contribution in [0, 0.1) is 6.92 Å². The molecule has 0 saturated carbocycles. The molecular formula is C12H19NO2. The fraction of sp³-hybridized carbons (Fsp3) is 0.500. The molecule has 0 aliphatic rings. The number of hydrogen-bond donors (Lipinski definition) is 2. The van der Waals surface area contributed by atoms with E-state index in [1.165, 1.54) is 5.56 Å². The number of aryl methyl sites for hydroxylation is 1. The summed E-state index contributed by atoms with van der Waals surface area (Å²) in [6.45, 7) is 5.89. The van der Waals surface area contributed by atoms with E-state index in [0.717, 1.165) is 5.56 Å². The smallest absolute Gasteiger partial charge is 0.106 e. The topological polar surface area (TPSA) is 43.7 Å². The van der Waals surface area contributed by atoms with E-state index in [2.05, 4.69) is 6.07 Å². The zero-order chi connectivity index (χ0) is 11.4. The molecule has 0 amide bonds. The lowest BCUT2D eigenvalue weighted by Crippen LogP contribution is -2.39. The number of hydrogen-bond acceptors (Lipinski definition) is 3. The molecule has 0 saturated heterocycles. The molecule has 3 nitrogen and oxygen atoms in total. The highest BCUT2D eigenvalue weighted by Gasteiger charge is 2.16. The lowest BCUT2D eigenvalue weighted by Gasteiger charge is -2.28. The molecule has 1 aromatic rings. The van der Waals surface area contributed by atoms with Crippen LogP contribution in [0.1, 0.15) is 25.0 Å². The molecule has 0 aromatic heterocycles. The van der Waals surface area contributed by atoms with Crippen molar-refractivity contribution in [3.8, 4) is 0 Å². The summed E-state index contributed by atoms with van der Waals surface area (Å²) in [7, 11) is 0. The van der Waals surface area contributed by atoms with Gasteiger partial charge in [0, 0.05) is 6.54 Å². The van der Waals surface area contributed by atoms with Crippen molar-refractivity contribution in [2.24, 2.45) is 0 Å². The summed E-state index contributed by atoms with van der Waals surface area (Å²) < 4.78 is 0. The molecule has 0 spiro atoms. The standard InChI is InChI=1S/C12H19NO2/c1-9-5-4-6-12(7-9)8-13(10(2)14)11(3)15/h4-7,10-11,14-15H,8H2,1-3H3. The fourth-order valence-corrected chi connectivity index (χ4v) is 1.60. The Bertz CT molecular complexity index is 302. The van der Waals surface area contributed by atoms with Crippen LogP contribution in [-0.4, -0.2) is 27.6 Å². The van der Waals surface area contributed by atoms with E-state index in [-0.39, 0.29) is 0 Å². The number of benzene rings is 1. The minimum atomic E-state index is -0.648. The van der Waals surface area contributed by atoms with Crippen LogP contribution in [0.2, 0.25) is 0 Å². The van der Waals surface area contributed by atoms with E-state index in [1.54, 1.807) is 18.7 Å². The lowest BCUT2D eigenvalue weighted by molar-refractivity contribution is -0.0897. The van der Waals surface area contributed by atoms with Crippen molar-refractivity contribution in [1.82, 2.24) is 4.90 Å². The van der Waals surface area contributed by atoms with Gasteiger partial charge in [-0.25, -0.2) is 4.90 Å². The average molecular weight is 209 g/mol. The van der Waals surface area contributed by atoms with Gasteiger partial charge in [-0.2, -0.15) is 0 Å². The molecule has 0 bridgehead atoms. The summed E-state index contributed by atoms with van der Waals surface area (Å²) in [6.07, 6.45) is -1.30. The van der Waals surface area contributed by atoms with Gasteiger partial charge in [0.1, 0.15) is 12.5 Å². The molecule has 0 fully saturated rings. The Balaban J connectivity index is 2.74. The molecular weight excluding hydrogens is 190 g/mol. The van der Waals surface area contributed by atoms with Gasteiger partial charge >= 0.3 is 0 Å². The maximum atomic E-state index is 9.48. The Labute approximate surface area is 91.0 Å². The third-order valence-corrected chi connectivity index (χ3v) is 2.41. The van der Waals surface area contributed by atoms with Crippen molar-refractivity contribution in [2.75, 3.05) is 0 Å². The lowest BCUT2D eigenvalue weighted by atomic mass is 10.1. The number of aliphatic hydroxyl groups excluding tert-OH is 2. The van der Waals surface area contributed by atoms with Gasteiger partial charge in [0.2, 0.25) is 0 Å². The average Bonchev–Trinajstić information content (AvgIpc) is 2.13. The highest BCUT2D eigenvalue weighted by atomic mass is 16.3. The van der Waals surface area contributed by atoms with Gasteiger partial charge in [-0.3, -0.25) is 0 Å². The molecule has 2 atom stereocenters. The maximum Gasteiger partial charge on any atom is 0.106 e. The monoisotopic (exact) mass is 209 g/mol.